The van der Waals surface area contributed by atoms with Crippen molar-refractivity contribution in [3.05, 3.63) is 59.4 Å². The van der Waals surface area contributed by atoms with Gasteiger partial charge in [0.1, 0.15) is 17.5 Å². The number of carbonyl (C=O) groups is 1. The van der Waals surface area contributed by atoms with Crippen molar-refractivity contribution >= 4 is 17.3 Å². The lowest BCUT2D eigenvalue weighted by Crippen LogP contribution is -2.08. The quantitative estimate of drug-likeness (QED) is 0.903. The van der Waals surface area contributed by atoms with Gasteiger partial charge in [-0.25, -0.2) is 13.2 Å². The Balaban J connectivity index is 2.13. The fourth-order valence-electron chi connectivity index (χ4n) is 1.80. The lowest BCUT2D eigenvalue weighted by atomic mass is 10.2. The number of nitrogens with one attached hydrogen (secondary N) is 2. The predicted octanol–water partition coefficient (Wildman–Crippen LogP) is 3.67. The van der Waals surface area contributed by atoms with E-state index in [2.05, 4.69) is 10.6 Å². The van der Waals surface area contributed by atoms with Gasteiger partial charge in [-0.15, -0.1) is 0 Å². The minimum atomic E-state index is -0.707. The molecule has 0 radical (unpaired) electrons. The first-order valence-electron chi connectivity index (χ1n) is 6.20. The van der Waals surface area contributed by atoms with E-state index in [1.807, 2.05) is 0 Å². The van der Waals surface area contributed by atoms with Crippen molar-refractivity contribution in [2.45, 2.75) is 13.5 Å². The van der Waals surface area contributed by atoms with Gasteiger partial charge in [0.2, 0.25) is 5.91 Å². The van der Waals surface area contributed by atoms with Crippen molar-refractivity contribution in [1.82, 2.24) is 0 Å². The molecule has 0 bridgehead atoms. The number of anilines is 2. The summed E-state index contributed by atoms with van der Waals surface area (Å²) in [7, 11) is 0. The average molecular weight is 294 g/mol. The normalized spacial score (nSPS) is 10.3. The Hall–Kier alpha value is -2.50. The molecule has 0 aromatic heterocycles. The van der Waals surface area contributed by atoms with Crippen LogP contribution >= 0.6 is 0 Å². The van der Waals surface area contributed by atoms with E-state index in [1.165, 1.54) is 31.2 Å². The Morgan fingerprint density at radius 3 is 2.48 bits per heavy atom. The molecule has 2 aromatic rings. The van der Waals surface area contributed by atoms with Crippen LogP contribution in [0.5, 0.6) is 0 Å². The number of amides is 1. The second-order valence-electron chi connectivity index (χ2n) is 4.47. The third-order valence-electron chi connectivity index (χ3n) is 2.77. The average Bonchev–Trinajstić information content (AvgIpc) is 2.40. The summed E-state index contributed by atoms with van der Waals surface area (Å²) in [6.07, 6.45) is 0. The molecule has 0 aliphatic rings. The van der Waals surface area contributed by atoms with E-state index < -0.39 is 17.5 Å². The van der Waals surface area contributed by atoms with Gasteiger partial charge >= 0.3 is 0 Å². The molecule has 0 saturated carbocycles. The summed E-state index contributed by atoms with van der Waals surface area (Å²) in [5, 5.41) is 5.23. The van der Waals surface area contributed by atoms with Crippen LogP contribution in [0.25, 0.3) is 0 Å². The summed E-state index contributed by atoms with van der Waals surface area (Å²) < 4.78 is 39.9. The van der Waals surface area contributed by atoms with Crippen molar-refractivity contribution in [3.63, 3.8) is 0 Å². The molecule has 0 aliphatic heterocycles. The van der Waals surface area contributed by atoms with Gasteiger partial charge in [-0.05, 0) is 24.3 Å². The van der Waals surface area contributed by atoms with Gasteiger partial charge in [-0.3, -0.25) is 4.79 Å². The van der Waals surface area contributed by atoms with Crippen molar-refractivity contribution in [3.8, 4) is 0 Å². The molecule has 0 spiro atoms. The van der Waals surface area contributed by atoms with Crippen LogP contribution in [-0.4, -0.2) is 5.91 Å². The maximum absolute atomic E-state index is 13.6. The molecule has 1 amide bonds. The molecule has 2 rings (SSSR count). The maximum atomic E-state index is 13.6. The van der Waals surface area contributed by atoms with Crippen molar-refractivity contribution in [2.24, 2.45) is 0 Å². The van der Waals surface area contributed by atoms with Gasteiger partial charge in [0, 0.05) is 30.8 Å². The van der Waals surface area contributed by atoms with Gasteiger partial charge in [-0.1, -0.05) is 6.07 Å². The highest BCUT2D eigenvalue weighted by molar-refractivity contribution is 5.89. The molecule has 0 saturated heterocycles. The smallest absolute Gasteiger partial charge is 0.221 e. The third kappa shape index (κ3) is 3.98. The van der Waals surface area contributed by atoms with E-state index in [0.717, 1.165) is 12.1 Å². The van der Waals surface area contributed by atoms with Crippen LogP contribution in [0.3, 0.4) is 0 Å². The van der Waals surface area contributed by atoms with Gasteiger partial charge < -0.3 is 10.6 Å². The zero-order valence-electron chi connectivity index (χ0n) is 11.2. The Morgan fingerprint density at radius 1 is 1.05 bits per heavy atom. The first-order valence-corrected chi connectivity index (χ1v) is 6.20. The number of hydrogen-bond acceptors (Lipinski definition) is 2. The van der Waals surface area contributed by atoms with E-state index in [1.54, 1.807) is 0 Å². The minimum Gasteiger partial charge on any atom is -0.378 e. The molecule has 21 heavy (non-hydrogen) atoms. The van der Waals surface area contributed by atoms with E-state index in [0.29, 0.717) is 5.69 Å². The molecule has 0 unspecified atom stereocenters. The third-order valence-corrected chi connectivity index (χ3v) is 2.77. The van der Waals surface area contributed by atoms with Crippen LogP contribution in [0.1, 0.15) is 12.5 Å². The zero-order valence-corrected chi connectivity index (χ0v) is 11.2. The monoisotopic (exact) mass is 294 g/mol. The second kappa shape index (κ2) is 6.30. The first kappa shape index (κ1) is 14.9. The Kier molecular flexibility index (Phi) is 4.47. The Morgan fingerprint density at radius 2 is 1.81 bits per heavy atom. The summed E-state index contributed by atoms with van der Waals surface area (Å²) in [6.45, 7) is 1.33. The molecular weight excluding hydrogens is 281 g/mol. The lowest BCUT2D eigenvalue weighted by molar-refractivity contribution is -0.114. The number of halogens is 3. The highest BCUT2D eigenvalue weighted by Gasteiger charge is 2.07. The summed E-state index contributed by atoms with van der Waals surface area (Å²) in [5.74, 6) is -2.19. The molecule has 0 heterocycles. The molecule has 2 aromatic carbocycles. The van der Waals surface area contributed by atoms with E-state index >= 15 is 0 Å². The molecule has 0 aliphatic carbocycles. The SMILES string of the molecule is CC(=O)Nc1ccc(F)c(NCc2ccc(F)cc2F)c1. The molecule has 110 valence electrons. The van der Waals surface area contributed by atoms with Crippen LogP contribution < -0.4 is 10.6 Å². The fourth-order valence-corrected chi connectivity index (χ4v) is 1.80. The molecule has 0 atom stereocenters. The van der Waals surface area contributed by atoms with Crippen LogP contribution in [-0.2, 0) is 11.3 Å². The summed E-state index contributed by atoms with van der Waals surface area (Å²) in [5.41, 5.74) is 0.747. The minimum absolute atomic E-state index is 0.00738. The zero-order chi connectivity index (χ0) is 15.4. The van der Waals surface area contributed by atoms with Gasteiger partial charge in [0.15, 0.2) is 0 Å². The van der Waals surface area contributed by atoms with Crippen molar-refractivity contribution in [2.75, 3.05) is 10.6 Å². The molecular formula is C15H13F3N2O. The van der Waals surface area contributed by atoms with Gasteiger partial charge in [-0.2, -0.15) is 0 Å². The standard InChI is InChI=1S/C15H13F3N2O/c1-9(21)20-12-4-5-13(17)15(7-12)19-8-10-2-3-11(16)6-14(10)18/h2-7,19H,8H2,1H3,(H,20,21). The number of carbonyl (C=O) groups excluding carboxylic acids is 1. The number of hydrogen-bond donors (Lipinski definition) is 2. The summed E-state index contributed by atoms with van der Waals surface area (Å²) in [4.78, 5) is 11.0. The van der Waals surface area contributed by atoms with Crippen LogP contribution in [0.15, 0.2) is 36.4 Å². The number of benzene rings is 2. The second-order valence-corrected chi connectivity index (χ2v) is 4.47. The van der Waals surface area contributed by atoms with E-state index in [9.17, 15) is 18.0 Å². The maximum Gasteiger partial charge on any atom is 0.221 e. The highest BCUT2D eigenvalue weighted by atomic mass is 19.1. The topological polar surface area (TPSA) is 41.1 Å². The Bertz CT molecular complexity index is 674. The van der Waals surface area contributed by atoms with Gasteiger partial charge in [0.05, 0.1) is 5.69 Å². The van der Waals surface area contributed by atoms with Crippen molar-refractivity contribution < 1.29 is 18.0 Å². The molecule has 2 N–H and O–H groups in total. The Labute approximate surface area is 119 Å². The summed E-state index contributed by atoms with van der Waals surface area (Å²) >= 11 is 0. The molecule has 3 nitrogen and oxygen atoms in total. The van der Waals surface area contributed by atoms with Crippen molar-refractivity contribution in [1.29, 1.82) is 0 Å². The molecule has 0 fully saturated rings. The van der Waals surface area contributed by atoms with Crippen LogP contribution in [0, 0.1) is 17.5 Å². The highest BCUT2D eigenvalue weighted by Crippen LogP contribution is 2.21. The lowest BCUT2D eigenvalue weighted by Gasteiger charge is -2.10. The van der Waals surface area contributed by atoms with Crippen LogP contribution in [0.4, 0.5) is 24.5 Å². The number of rotatable bonds is 4. The van der Waals surface area contributed by atoms with Gasteiger partial charge in [0.25, 0.3) is 0 Å². The summed E-state index contributed by atoms with van der Waals surface area (Å²) in [6, 6.07) is 7.19. The largest absolute Gasteiger partial charge is 0.378 e. The van der Waals surface area contributed by atoms with E-state index in [4.69, 9.17) is 0 Å². The molecule has 6 heteroatoms. The van der Waals surface area contributed by atoms with E-state index in [-0.39, 0.29) is 23.7 Å². The first-order chi connectivity index (χ1) is 9.95. The van der Waals surface area contributed by atoms with Crippen LogP contribution in [0.2, 0.25) is 0 Å². The fraction of sp³-hybridized carbons (Fsp3) is 0.133. The predicted molar refractivity (Wildman–Crippen MR) is 74.4 cm³/mol.